The number of piperazine rings is 1. The lowest BCUT2D eigenvalue weighted by Gasteiger charge is -2.36. The summed E-state index contributed by atoms with van der Waals surface area (Å²) in [4.78, 5) is 19.4. The molecule has 0 bridgehead atoms. The lowest BCUT2D eigenvalue weighted by atomic mass is 10.2. The van der Waals surface area contributed by atoms with E-state index in [1.807, 2.05) is 17.0 Å². The highest BCUT2D eigenvalue weighted by molar-refractivity contribution is 7.14. The molecule has 0 radical (unpaired) electrons. The molecule has 26 heavy (non-hydrogen) atoms. The first-order chi connectivity index (χ1) is 12.7. The minimum atomic E-state index is 0.121. The zero-order valence-corrected chi connectivity index (χ0v) is 16.1. The van der Waals surface area contributed by atoms with Crippen molar-refractivity contribution in [2.75, 3.05) is 45.3 Å². The molecule has 1 fully saturated rings. The summed E-state index contributed by atoms with van der Waals surface area (Å²) >= 11 is 1.63. The molecule has 1 aromatic heterocycles. The molecular weight excluding hydrogens is 348 g/mol. The molecule has 5 nitrogen and oxygen atoms in total. The Hall–Kier alpha value is -2.21. The normalized spacial score (nSPS) is 16.5. The molecular formula is C20H24N2O3S. The SMILES string of the molecule is COc1ccc(N2CCN(C(=O)c3sc4c(c3OC)CCC4)CC2)cc1. The van der Waals surface area contributed by atoms with Crippen LogP contribution in [0.3, 0.4) is 0 Å². The second-order valence-electron chi connectivity index (χ2n) is 6.70. The third kappa shape index (κ3) is 3.03. The summed E-state index contributed by atoms with van der Waals surface area (Å²) in [6.07, 6.45) is 3.29. The van der Waals surface area contributed by atoms with Gasteiger partial charge in [0.2, 0.25) is 0 Å². The molecule has 0 saturated carbocycles. The number of nitrogens with zero attached hydrogens (tertiary/aromatic N) is 2. The molecule has 2 aliphatic rings. The van der Waals surface area contributed by atoms with Crippen molar-refractivity contribution in [3.63, 3.8) is 0 Å². The van der Waals surface area contributed by atoms with E-state index >= 15 is 0 Å². The van der Waals surface area contributed by atoms with Crippen LogP contribution in [0.25, 0.3) is 0 Å². The van der Waals surface area contributed by atoms with Gasteiger partial charge in [0.05, 0.1) is 14.2 Å². The number of rotatable bonds is 4. The zero-order chi connectivity index (χ0) is 18.1. The predicted molar refractivity (Wildman–Crippen MR) is 104 cm³/mol. The fraction of sp³-hybridized carbons (Fsp3) is 0.450. The molecule has 0 unspecified atom stereocenters. The minimum Gasteiger partial charge on any atom is -0.497 e. The van der Waals surface area contributed by atoms with Crippen molar-refractivity contribution in [2.24, 2.45) is 0 Å². The Balaban J connectivity index is 1.44. The van der Waals surface area contributed by atoms with Crippen LogP contribution in [0, 0.1) is 0 Å². The highest BCUT2D eigenvalue weighted by atomic mass is 32.1. The molecule has 0 N–H and O–H groups in total. The summed E-state index contributed by atoms with van der Waals surface area (Å²) in [5.41, 5.74) is 2.43. The fourth-order valence-electron chi connectivity index (χ4n) is 3.84. The monoisotopic (exact) mass is 372 g/mol. The number of amides is 1. The molecule has 0 atom stereocenters. The number of carbonyl (C=O) groups excluding carboxylic acids is 1. The second-order valence-corrected chi connectivity index (χ2v) is 7.80. The molecule has 2 aromatic rings. The van der Waals surface area contributed by atoms with Gasteiger partial charge < -0.3 is 19.3 Å². The summed E-state index contributed by atoms with van der Waals surface area (Å²) in [6.45, 7) is 3.14. The number of hydrogen-bond acceptors (Lipinski definition) is 5. The summed E-state index contributed by atoms with van der Waals surface area (Å²) in [5.74, 6) is 1.81. The average molecular weight is 372 g/mol. The Bertz CT molecular complexity index is 792. The van der Waals surface area contributed by atoms with Crippen molar-refractivity contribution in [2.45, 2.75) is 19.3 Å². The highest BCUT2D eigenvalue weighted by Gasteiger charge is 2.30. The number of anilines is 1. The van der Waals surface area contributed by atoms with E-state index in [9.17, 15) is 4.79 Å². The third-order valence-electron chi connectivity index (χ3n) is 5.28. The van der Waals surface area contributed by atoms with E-state index in [2.05, 4.69) is 17.0 Å². The largest absolute Gasteiger partial charge is 0.497 e. The van der Waals surface area contributed by atoms with Crippen LogP contribution in [-0.2, 0) is 12.8 Å². The number of carbonyl (C=O) groups is 1. The molecule has 0 spiro atoms. The first-order valence-corrected chi connectivity index (χ1v) is 9.89. The van der Waals surface area contributed by atoms with Gasteiger partial charge in [-0.05, 0) is 43.5 Å². The van der Waals surface area contributed by atoms with Gasteiger partial charge in [-0.3, -0.25) is 4.79 Å². The van der Waals surface area contributed by atoms with E-state index < -0.39 is 0 Å². The molecule has 1 aliphatic heterocycles. The molecule has 138 valence electrons. The van der Waals surface area contributed by atoms with Gasteiger partial charge in [0, 0.05) is 42.3 Å². The Morgan fingerprint density at radius 3 is 2.38 bits per heavy atom. The Morgan fingerprint density at radius 1 is 1.00 bits per heavy atom. The van der Waals surface area contributed by atoms with Crippen LogP contribution in [0.15, 0.2) is 24.3 Å². The summed E-state index contributed by atoms with van der Waals surface area (Å²) < 4.78 is 10.8. The number of fused-ring (bicyclic) bond motifs is 1. The third-order valence-corrected chi connectivity index (χ3v) is 6.54. The van der Waals surface area contributed by atoms with Crippen molar-refractivity contribution >= 4 is 22.9 Å². The predicted octanol–water partition coefficient (Wildman–Crippen LogP) is 3.22. The van der Waals surface area contributed by atoms with Crippen LogP contribution < -0.4 is 14.4 Å². The van der Waals surface area contributed by atoms with Gasteiger partial charge in [-0.15, -0.1) is 11.3 Å². The smallest absolute Gasteiger partial charge is 0.267 e. The van der Waals surface area contributed by atoms with E-state index in [0.29, 0.717) is 0 Å². The van der Waals surface area contributed by atoms with Crippen LogP contribution in [0.1, 0.15) is 26.5 Å². The first kappa shape index (κ1) is 17.2. The molecule has 1 aromatic carbocycles. The van der Waals surface area contributed by atoms with Crippen LogP contribution in [0.5, 0.6) is 11.5 Å². The van der Waals surface area contributed by atoms with Gasteiger partial charge in [0.25, 0.3) is 5.91 Å². The molecule has 6 heteroatoms. The van der Waals surface area contributed by atoms with Gasteiger partial charge in [-0.2, -0.15) is 0 Å². The molecule has 1 aliphatic carbocycles. The van der Waals surface area contributed by atoms with E-state index in [1.165, 1.54) is 22.5 Å². The first-order valence-electron chi connectivity index (χ1n) is 9.08. The topological polar surface area (TPSA) is 42.0 Å². The zero-order valence-electron chi connectivity index (χ0n) is 15.3. The number of hydrogen-bond donors (Lipinski definition) is 0. The van der Waals surface area contributed by atoms with Crippen molar-refractivity contribution in [3.05, 3.63) is 39.6 Å². The molecule has 1 amide bonds. The Morgan fingerprint density at radius 2 is 1.73 bits per heavy atom. The van der Waals surface area contributed by atoms with Gasteiger partial charge >= 0.3 is 0 Å². The number of aryl methyl sites for hydroxylation is 1. The second kappa shape index (κ2) is 7.19. The Labute approximate surface area is 158 Å². The maximum Gasteiger partial charge on any atom is 0.267 e. The van der Waals surface area contributed by atoms with Crippen LogP contribution >= 0.6 is 11.3 Å². The Kier molecular flexibility index (Phi) is 4.76. The van der Waals surface area contributed by atoms with E-state index in [1.54, 1.807) is 25.6 Å². The fourth-order valence-corrected chi connectivity index (χ4v) is 5.16. The molecule has 4 rings (SSSR count). The van der Waals surface area contributed by atoms with Crippen LogP contribution in [0.2, 0.25) is 0 Å². The van der Waals surface area contributed by atoms with Crippen molar-refractivity contribution in [1.29, 1.82) is 0 Å². The maximum atomic E-state index is 13.0. The standard InChI is InChI=1S/C20H24N2O3S/c1-24-15-8-6-14(7-9-15)21-10-12-22(13-11-21)20(23)19-18(25-2)16-4-3-5-17(16)26-19/h6-9H,3-5,10-13H2,1-2H3. The van der Waals surface area contributed by atoms with Crippen LogP contribution in [-0.4, -0.2) is 51.2 Å². The number of benzene rings is 1. The summed E-state index contributed by atoms with van der Waals surface area (Å²) in [6, 6.07) is 8.10. The van der Waals surface area contributed by atoms with E-state index in [4.69, 9.17) is 9.47 Å². The quantitative estimate of drug-likeness (QED) is 0.826. The maximum absolute atomic E-state index is 13.0. The van der Waals surface area contributed by atoms with Gasteiger partial charge in [0.1, 0.15) is 16.4 Å². The molecule has 2 heterocycles. The van der Waals surface area contributed by atoms with Crippen molar-refractivity contribution in [1.82, 2.24) is 4.90 Å². The summed E-state index contributed by atoms with van der Waals surface area (Å²) in [7, 11) is 3.35. The number of methoxy groups -OCH3 is 2. The number of ether oxygens (including phenoxy) is 2. The van der Waals surface area contributed by atoms with Gasteiger partial charge in [-0.25, -0.2) is 0 Å². The highest BCUT2D eigenvalue weighted by Crippen LogP contribution is 2.41. The van der Waals surface area contributed by atoms with Crippen LogP contribution in [0.4, 0.5) is 5.69 Å². The molecule has 1 saturated heterocycles. The lowest BCUT2D eigenvalue weighted by Crippen LogP contribution is -2.48. The average Bonchev–Trinajstić information content (AvgIpc) is 3.28. The lowest BCUT2D eigenvalue weighted by molar-refractivity contribution is 0.0748. The van der Waals surface area contributed by atoms with E-state index in [0.717, 1.165) is 55.4 Å². The number of thiophene rings is 1. The summed E-state index contributed by atoms with van der Waals surface area (Å²) in [5, 5.41) is 0. The van der Waals surface area contributed by atoms with Crippen molar-refractivity contribution < 1.29 is 14.3 Å². The van der Waals surface area contributed by atoms with Gasteiger partial charge in [0.15, 0.2) is 0 Å². The van der Waals surface area contributed by atoms with E-state index in [-0.39, 0.29) is 5.91 Å². The van der Waals surface area contributed by atoms with Crippen molar-refractivity contribution in [3.8, 4) is 11.5 Å². The van der Waals surface area contributed by atoms with Gasteiger partial charge in [-0.1, -0.05) is 0 Å². The minimum absolute atomic E-state index is 0.121.